The molecule has 0 radical (unpaired) electrons. The molecule has 32 heavy (non-hydrogen) atoms. The van der Waals surface area contributed by atoms with Crippen molar-refractivity contribution in [1.82, 2.24) is 25.4 Å². The maximum Gasteiger partial charge on any atom is 0.411 e. The summed E-state index contributed by atoms with van der Waals surface area (Å²) in [6.07, 6.45) is 0.359. The fourth-order valence-electron chi connectivity index (χ4n) is 3.38. The van der Waals surface area contributed by atoms with Gasteiger partial charge in [0, 0.05) is 13.1 Å². The second-order valence-corrected chi connectivity index (χ2v) is 7.79. The number of ether oxygens (including phenoxy) is 1. The molecule has 11 heteroatoms. The number of benzene rings is 1. The van der Waals surface area contributed by atoms with Crippen molar-refractivity contribution in [3.63, 3.8) is 0 Å². The highest BCUT2D eigenvalue weighted by molar-refractivity contribution is 14.0. The number of rotatable bonds is 8. The molecule has 1 fully saturated rings. The maximum absolute atomic E-state index is 12.2. The van der Waals surface area contributed by atoms with E-state index in [4.69, 9.17) is 9.73 Å². The summed E-state index contributed by atoms with van der Waals surface area (Å²) in [5.41, 5.74) is 1.65. The Morgan fingerprint density at radius 3 is 2.41 bits per heavy atom. The van der Waals surface area contributed by atoms with Gasteiger partial charge in [0.1, 0.15) is 12.4 Å². The Bertz CT molecular complexity index is 863. The zero-order valence-corrected chi connectivity index (χ0v) is 20.6. The number of nitrogens with one attached hydrogen (secondary N) is 2. The summed E-state index contributed by atoms with van der Waals surface area (Å²) in [7, 11) is 1.92. The van der Waals surface area contributed by atoms with Crippen molar-refractivity contribution in [1.29, 1.82) is 0 Å². The Hall–Kier alpha value is -1.89. The molecule has 1 heterocycles. The average Bonchev–Trinajstić information content (AvgIpc) is 3.35. The van der Waals surface area contributed by atoms with Gasteiger partial charge in [-0.1, -0.05) is 37.1 Å². The Morgan fingerprint density at radius 2 is 1.81 bits per heavy atom. The van der Waals surface area contributed by atoms with Crippen LogP contribution in [0.5, 0.6) is 0 Å². The molecule has 7 nitrogen and oxygen atoms in total. The third-order valence-corrected chi connectivity index (χ3v) is 5.27. The highest BCUT2D eigenvalue weighted by atomic mass is 127. The SMILES string of the molecule is Cc1nnc(CNC(=NCc2ccc(COCC(F)(F)F)cc2)NC2CCCC2)n1C.I. The van der Waals surface area contributed by atoms with Crippen LogP contribution in [0.1, 0.15) is 48.5 Å². The number of halogens is 4. The minimum absolute atomic E-state index is 0. The number of alkyl halides is 3. The fourth-order valence-corrected chi connectivity index (χ4v) is 3.38. The van der Waals surface area contributed by atoms with Crippen molar-refractivity contribution < 1.29 is 17.9 Å². The van der Waals surface area contributed by atoms with Gasteiger partial charge in [0.15, 0.2) is 11.8 Å². The minimum Gasteiger partial charge on any atom is -0.367 e. The topological polar surface area (TPSA) is 76.4 Å². The number of aromatic nitrogens is 3. The minimum atomic E-state index is -4.31. The highest BCUT2D eigenvalue weighted by Gasteiger charge is 2.27. The Labute approximate surface area is 203 Å². The van der Waals surface area contributed by atoms with Gasteiger partial charge in [-0.3, -0.25) is 0 Å². The van der Waals surface area contributed by atoms with Gasteiger partial charge >= 0.3 is 6.18 Å². The normalized spacial score (nSPS) is 15.0. The van der Waals surface area contributed by atoms with E-state index in [-0.39, 0.29) is 30.6 Å². The van der Waals surface area contributed by atoms with Crippen LogP contribution in [0.3, 0.4) is 0 Å². The molecular formula is C21H30F3IN6O. The van der Waals surface area contributed by atoms with Gasteiger partial charge in [-0.15, -0.1) is 34.2 Å². The largest absolute Gasteiger partial charge is 0.411 e. The quantitative estimate of drug-likeness (QED) is 0.287. The lowest BCUT2D eigenvalue weighted by molar-refractivity contribution is -0.176. The van der Waals surface area contributed by atoms with Crippen LogP contribution in [0.4, 0.5) is 13.2 Å². The molecule has 3 rings (SSSR count). The smallest absolute Gasteiger partial charge is 0.367 e. The predicted molar refractivity (Wildman–Crippen MR) is 127 cm³/mol. The van der Waals surface area contributed by atoms with E-state index in [9.17, 15) is 13.2 Å². The fraction of sp³-hybridized carbons (Fsp3) is 0.571. The van der Waals surface area contributed by atoms with Crippen LogP contribution in [0.25, 0.3) is 0 Å². The molecule has 1 aliphatic rings. The second kappa shape index (κ2) is 12.4. The summed E-state index contributed by atoms with van der Waals surface area (Å²) in [5.74, 6) is 2.38. The number of guanidine groups is 1. The Morgan fingerprint density at radius 1 is 1.16 bits per heavy atom. The second-order valence-electron chi connectivity index (χ2n) is 7.79. The van der Waals surface area contributed by atoms with Gasteiger partial charge in [0.05, 0.1) is 19.7 Å². The number of hydrogen-bond donors (Lipinski definition) is 2. The molecule has 1 aliphatic carbocycles. The number of aryl methyl sites for hydroxylation is 1. The first kappa shape index (κ1) is 26.4. The lowest BCUT2D eigenvalue weighted by Gasteiger charge is -2.17. The van der Waals surface area contributed by atoms with Gasteiger partial charge in [-0.05, 0) is 30.9 Å². The molecule has 0 amide bonds. The van der Waals surface area contributed by atoms with E-state index in [1.54, 1.807) is 12.1 Å². The molecule has 0 aliphatic heterocycles. The Kier molecular flexibility index (Phi) is 10.2. The van der Waals surface area contributed by atoms with Gasteiger partial charge < -0.3 is 19.9 Å². The van der Waals surface area contributed by atoms with Gasteiger partial charge in [-0.25, -0.2) is 4.99 Å². The Balaban J connectivity index is 0.00000363. The molecule has 1 aromatic carbocycles. The molecule has 178 valence electrons. The summed E-state index contributed by atoms with van der Waals surface area (Å²) < 4.78 is 43.2. The van der Waals surface area contributed by atoms with Gasteiger partial charge in [-0.2, -0.15) is 13.2 Å². The van der Waals surface area contributed by atoms with E-state index in [0.29, 0.717) is 30.7 Å². The molecule has 0 spiro atoms. The van der Waals surface area contributed by atoms with Crippen LogP contribution in [0.15, 0.2) is 29.3 Å². The van der Waals surface area contributed by atoms with Crippen molar-refractivity contribution in [3.05, 3.63) is 47.0 Å². The molecular weight excluding hydrogens is 536 g/mol. The first-order chi connectivity index (χ1) is 14.8. The van der Waals surface area contributed by atoms with E-state index in [1.165, 1.54) is 12.8 Å². The van der Waals surface area contributed by atoms with Crippen molar-refractivity contribution in [2.45, 2.75) is 64.5 Å². The van der Waals surface area contributed by atoms with E-state index in [2.05, 4.69) is 20.8 Å². The zero-order chi connectivity index (χ0) is 22.3. The summed E-state index contributed by atoms with van der Waals surface area (Å²) in [6.45, 7) is 1.54. The standard InChI is InChI=1S/C21H29F3N6O.HI/c1-15-28-29-19(30(15)2)12-26-20(27-18-5-3-4-6-18)25-11-16-7-9-17(10-8-16)13-31-14-21(22,23)24;/h7-10,18H,3-6,11-14H2,1-2H3,(H2,25,26,27);1H. The number of nitrogens with zero attached hydrogens (tertiary/aromatic N) is 4. The summed E-state index contributed by atoms with van der Waals surface area (Å²) in [6, 6.07) is 7.65. The van der Waals surface area contributed by atoms with Crippen LogP contribution < -0.4 is 10.6 Å². The van der Waals surface area contributed by atoms with Crippen LogP contribution in [-0.2, 0) is 31.5 Å². The summed E-state index contributed by atoms with van der Waals surface area (Å²) in [4.78, 5) is 4.69. The third kappa shape index (κ3) is 8.57. The molecule has 1 saturated carbocycles. The number of aliphatic imine (C=N–C) groups is 1. The van der Waals surface area contributed by atoms with E-state index in [0.717, 1.165) is 30.1 Å². The van der Waals surface area contributed by atoms with Crippen molar-refractivity contribution in [3.8, 4) is 0 Å². The molecule has 0 unspecified atom stereocenters. The average molecular weight is 566 g/mol. The molecule has 0 bridgehead atoms. The van der Waals surface area contributed by atoms with E-state index < -0.39 is 12.8 Å². The zero-order valence-electron chi connectivity index (χ0n) is 18.3. The summed E-state index contributed by atoms with van der Waals surface area (Å²) >= 11 is 0. The lowest BCUT2D eigenvalue weighted by Crippen LogP contribution is -2.42. The van der Waals surface area contributed by atoms with Crippen molar-refractivity contribution in [2.24, 2.45) is 12.0 Å². The molecule has 0 atom stereocenters. The molecule has 1 aromatic heterocycles. The van der Waals surface area contributed by atoms with Crippen LogP contribution >= 0.6 is 24.0 Å². The molecule has 0 saturated heterocycles. The van der Waals surface area contributed by atoms with Gasteiger partial charge in [0.25, 0.3) is 0 Å². The lowest BCUT2D eigenvalue weighted by atomic mass is 10.1. The highest BCUT2D eigenvalue weighted by Crippen LogP contribution is 2.18. The molecule has 2 aromatic rings. The first-order valence-electron chi connectivity index (χ1n) is 10.4. The number of hydrogen-bond acceptors (Lipinski definition) is 4. The van der Waals surface area contributed by atoms with Crippen LogP contribution in [0, 0.1) is 6.92 Å². The van der Waals surface area contributed by atoms with Crippen molar-refractivity contribution in [2.75, 3.05) is 6.61 Å². The first-order valence-corrected chi connectivity index (χ1v) is 10.4. The monoisotopic (exact) mass is 566 g/mol. The van der Waals surface area contributed by atoms with Crippen LogP contribution in [0.2, 0.25) is 0 Å². The molecule has 2 N–H and O–H groups in total. The van der Waals surface area contributed by atoms with E-state index in [1.807, 2.05) is 30.7 Å². The maximum atomic E-state index is 12.2. The third-order valence-electron chi connectivity index (χ3n) is 5.27. The predicted octanol–water partition coefficient (Wildman–Crippen LogP) is 4.00. The summed E-state index contributed by atoms with van der Waals surface area (Å²) in [5, 5.41) is 15.1. The van der Waals surface area contributed by atoms with Gasteiger partial charge in [0.2, 0.25) is 0 Å². The van der Waals surface area contributed by atoms with Crippen molar-refractivity contribution >= 4 is 29.9 Å². The van der Waals surface area contributed by atoms with E-state index >= 15 is 0 Å². The van der Waals surface area contributed by atoms with Crippen LogP contribution in [-0.4, -0.2) is 39.5 Å².